The van der Waals surface area contributed by atoms with Crippen LogP contribution in [-0.4, -0.2) is 32.0 Å². The van der Waals surface area contributed by atoms with Gasteiger partial charge in [0.25, 0.3) is 11.5 Å². The first-order chi connectivity index (χ1) is 12.7. The Balaban J connectivity index is 1.43. The second-order valence-electron chi connectivity index (χ2n) is 5.61. The van der Waals surface area contributed by atoms with E-state index in [4.69, 9.17) is 4.42 Å². The van der Waals surface area contributed by atoms with Gasteiger partial charge in [0, 0.05) is 30.4 Å². The van der Waals surface area contributed by atoms with Gasteiger partial charge in [-0.05, 0) is 24.3 Å². The third-order valence-corrected chi connectivity index (χ3v) is 3.85. The van der Waals surface area contributed by atoms with Crippen molar-refractivity contribution in [2.45, 2.75) is 6.54 Å². The number of rotatable bonds is 5. The van der Waals surface area contributed by atoms with Crippen molar-refractivity contribution in [3.8, 4) is 5.82 Å². The summed E-state index contributed by atoms with van der Waals surface area (Å²) in [7, 11) is 0. The molecule has 0 atom stereocenters. The second-order valence-corrected chi connectivity index (χ2v) is 5.61. The Labute approximate surface area is 147 Å². The average Bonchev–Trinajstić information content (AvgIpc) is 3.32. The highest BCUT2D eigenvalue weighted by atomic mass is 16.3. The Morgan fingerprint density at radius 3 is 2.85 bits per heavy atom. The molecule has 0 aliphatic heterocycles. The Bertz CT molecular complexity index is 1080. The first-order valence-corrected chi connectivity index (χ1v) is 8.06. The highest BCUT2D eigenvalue weighted by Crippen LogP contribution is 2.18. The van der Waals surface area contributed by atoms with Crippen molar-refractivity contribution in [3.05, 3.63) is 77.0 Å². The molecule has 0 saturated carbocycles. The van der Waals surface area contributed by atoms with E-state index >= 15 is 0 Å². The fourth-order valence-electron chi connectivity index (χ4n) is 2.58. The summed E-state index contributed by atoms with van der Waals surface area (Å²) in [4.78, 5) is 24.2. The van der Waals surface area contributed by atoms with Crippen LogP contribution in [0.2, 0.25) is 0 Å². The number of benzene rings is 1. The molecule has 8 nitrogen and oxygen atoms in total. The molecule has 3 aromatic heterocycles. The molecule has 130 valence electrons. The Morgan fingerprint density at radius 2 is 2.04 bits per heavy atom. The zero-order valence-electron chi connectivity index (χ0n) is 13.7. The van der Waals surface area contributed by atoms with Crippen molar-refractivity contribution < 1.29 is 9.21 Å². The molecular weight excluding hydrogens is 334 g/mol. The Morgan fingerprint density at radius 1 is 1.15 bits per heavy atom. The summed E-state index contributed by atoms with van der Waals surface area (Å²) < 4.78 is 8.36. The number of carbonyl (C=O) groups excluding carboxylic acids is 1. The molecule has 1 aromatic carbocycles. The zero-order valence-corrected chi connectivity index (χ0v) is 13.7. The summed E-state index contributed by atoms with van der Waals surface area (Å²) in [5.74, 6) is 0.424. The molecule has 0 radical (unpaired) electrons. The number of hydrogen-bond donors (Lipinski definition) is 1. The lowest BCUT2D eigenvalue weighted by Crippen LogP contribution is -2.32. The molecule has 8 heteroatoms. The molecule has 0 saturated heterocycles. The van der Waals surface area contributed by atoms with Crippen molar-refractivity contribution in [1.29, 1.82) is 0 Å². The molecule has 4 aromatic rings. The predicted octanol–water partition coefficient (Wildman–Crippen LogP) is 1.61. The lowest BCUT2D eigenvalue weighted by molar-refractivity contribution is 0.0926. The van der Waals surface area contributed by atoms with Crippen molar-refractivity contribution >= 4 is 16.9 Å². The summed E-state index contributed by atoms with van der Waals surface area (Å²) in [6, 6.07) is 13.9. The molecule has 26 heavy (non-hydrogen) atoms. The molecule has 0 spiro atoms. The van der Waals surface area contributed by atoms with Gasteiger partial charge in [-0.25, -0.2) is 9.36 Å². The smallest absolute Gasteiger partial charge is 0.287 e. The number of fused-ring (bicyclic) bond motifs is 1. The van der Waals surface area contributed by atoms with E-state index in [0.717, 1.165) is 5.39 Å². The maximum atomic E-state index is 12.2. The monoisotopic (exact) mass is 349 g/mol. The van der Waals surface area contributed by atoms with Crippen LogP contribution < -0.4 is 10.9 Å². The summed E-state index contributed by atoms with van der Waals surface area (Å²) in [5, 5.41) is 11.9. The maximum absolute atomic E-state index is 12.2. The molecule has 0 aliphatic carbocycles. The van der Waals surface area contributed by atoms with Crippen LogP contribution in [0, 0.1) is 0 Å². The zero-order chi connectivity index (χ0) is 17.9. The molecule has 1 N–H and O–H groups in total. The molecular formula is C18H15N5O3. The summed E-state index contributed by atoms with van der Waals surface area (Å²) >= 11 is 0. The van der Waals surface area contributed by atoms with Crippen LogP contribution in [0.5, 0.6) is 0 Å². The quantitative estimate of drug-likeness (QED) is 0.590. The van der Waals surface area contributed by atoms with E-state index in [2.05, 4.69) is 15.5 Å². The van der Waals surface area contributed by atoms with Crippen LogP contribution in [0.15, 0.2) is 70.1 Å². The fourth-order valence-corrected chi connectivity index (χ4v) is 2.58. The number of para-hydroxylation sites is 1. The van der Waals surface area contributed by atoms with Crippen molar-refractivity contribution in [1.82, 2.24) is 24.9 Å². The largest absolute Gasteiger partial charge is 0.451 e. The number of aromatic nitrogens is 4. The van der Waals surface area contributed by atoms with Gasteiger partial charge in [0.1, 0.15) is 5.58 Å². The third-order valence-electron chi connectivity index (χ3n) is 3.85. The highest BCUT2D eigenvalue weighted by molar-refractivity contribution is 5.95. The summed E-state index contributed by atoms with van der Waals surface area (Å²) in [6.07, 6.45) is 3.37. The van der Waals surface area contributed by atoms with Gasteiger partial charge in [0.05, 0.1) is 6.54 Å². The first kappa shape index (κ1) is 15.8. The Hall–Kier alpha value is -3.68. The SMILES string of the molecule is O=C(NCCn1nc(-n2cccn2)ccc1=O)c1cc2ccccc2o1. The topological polar surface area (TPSA) is 95.0 Å². The van der Waals surface area contributed by atoms with Gasteiger partial charge < -0.3 is 9.73 Å². The van der Waals surface area contributed by atoms with Gasteiger partial charge in [-0.1, -0.05) is 18.2 Å². The van der Waals surface area contributed by atoms with Crippen LogP contribution in [0.25, 0.3) is 16.8 Å². The molecule has 0 bridgehead atoms. The van der Waals surface area contributed by atoms with E-state index < -0.39 is 0 Å². The van der Waals surface area contributed by atoms with Crippen molar-refractivity contribution in [3.63, 3.8) is 0 Å². The first-order valence-electron chi connectivity index (χ1n) is 8.06. The van der Waals surface area contributed by atoms with E-state index in [1.165, 1.54) is 10.7 Å². The number of nitrogens with one attached hydrogen (secondary N) is 1. The molecule has 0 unspecified atom stereocenters. The van der Waals surface area contributed by atoms with E-state index in [0.29, 0.717) is 11.4 Å². The van der Waals surface area contributed by atoms with E-state index in [-0.39, 0.29) is 30.3 Å². The number of amides is 1. The summed E-state index contributed by atoms with van der Waals surface area (Å²) in [6.45, 7) is 0.477. The summed E-state index contributed by atoms with van der Waals surface area (Å²) in [5.41, 5.74) is 0.404. The fraction of sp³-hybridized carbons (Fsp3) is 0.111. The minimum Gasteiger partial charge on any atom is -0.451 e. The number of hydrogen-bond acceptors (Lipinski definition) is 5. The molecule has 1 amide bonds. The number of furan rings is 1. The van der Waals surface area contributed by atoms with Gasteiger partial charge in [0.15, 0.2) is 11.6 Å². The lowest BCUT2D eigenvalue weighted by Gasteiger charge is -2.07. The predicted molar refractivity (Wildman–Crippen MR) is 94.2 cm³/mol. The van der Waals surface area contributed by atoms with E-state index in [1.54, 1.807) is 41.3 Å². The third kappa shape index (κ3) is 3.12. The van der Waals surface area contributed by atoms with Gasteiger partial charge in [-0.15, -0.1) is 5.10 Å². The van der Waals surface area contributed by atoms with Gasteiger partial charge in [-0.2, -0.15) is 5.10 Å². The highest BCUT2D eigenvalue weighted by Gasteiger charge is 2.11. The molecule has 4 rings (SSSR count). The van der Waals surface area contributed by atoms with Gasteiger partial charge >= 0.3 is 0 Å². The van der Waals surface area contributed by atoms with Crippen molar-refractivity contribution in [2.24, 2.45) is 0 Å². The standard InChI is InChI=1S/C18H15N5O3/c24-17-7-6-16(22-10-3-8-20-22)21-23(17)11-9-19-18(25)15-12-13-4-1-2-5-14(13)26-15/h1-8,10,12H,9,11H2,(H,19,25). The molecule has 3 heterocycles. The van der Waals surface area contributed by atoms with E-state index in [9.17, 15) is 9.59 Å². The minimum atomic E-state index is -0.336. The van der Waals surface area contributed by atoms with Crippen molar-refractivity contribution in [2.75, 3.05) is 6.54 Å². The molecule has 0 aliphatic rings. The second kappa shape index (κ2) is 6.67. The average molecular weight is 349 g/mol. The number of nitrogens with zero attached hydrogens (tertiary/aromatic N) is 4. The lowest BCUT2D eigenvalue weighted by atomic mass is 10.2. The molecule has 0 fully saturated rings. The Kier molecular flexibility index (Phi) is 4.06. The van der Waals surface area contributed by atoms with Crippen LogP contribution in [0.4, 0.5) is 0 Å². The number of carbonyl (C=O) groups is 1. The van der Waals surface area contributed by atoms with Gasteiger partial charge in [-0.3, -0.25) is 9.59 Å². The van der Waals surface area contributed by atoms with Crippen LogP contribution in [0.3, 0.4) is 0 Å². The van der Waals surface area contributed by atoms with E-state index in [1.807, 2.05) is 18.2 Å². The normalized spacial score (nSPS) is 10.9. The van der Waals surface area contributed by atoms with Crippen LogP contribution >= 0.6 is 0 Å². The van der Waals surface area contributed by atoms with Crippen LogP contribution in [0.1, 0.15) is 10.6 Å². The van der Waals surface area contributed by atoms with Gasteiger partial charge in [0.2, 0.25) is 0 Å². The maximum Gasteiger partial charge on any atom is 0.287 e. The van der Waals surface area contributed by atoms with Crippen LogP contribution in [-0.2, 0) is 6.54 Å². The minimum absolute atomic E-state index is 0.233.